The van der Waals surface area contributed by atoms with Gasteiger partial charge in [0.25, 0.3) is 0 Å². The maximum atomic E-state index is 13.8. The number of carbonyl (C=O) groups is 1. The minimum absolute atomic E-state index is 0.0106. The Labute approximate surface area is 229 Å². The molecule has 1 amide bonds. The largest absolute Gasteiger partial charge is 0.464 e. The Morgan fingerprint density at radius 2 is 1.59 bits per heavy atom. The Hall–Kier alpha value is -3.75. The molecule has 0 aliphatic carbocycles. The fraction of sp³-hybridized carbons (Fsp3) is 0.290. The van der Waals surface area contributed by atoms with Gasteiger partial charge in [-0.2, -0.15) is 4.31 Å². The Bertz CT molecular complexity index is 1580. The van der Waals surface area contributed by atoms with Crippen LogP contribution in [-0.4, -0.2) is 36.6 Å². The summed E-state index contributed by atoms with van der Waals surface area (Å²) in [5.74, 6) is -0.148. The normalized spacial score (nSPS) is 11.8. The highest BCUT2D eigenvalue weighted by Gasteiger charge is 2.29. The molecule has 204 valence electrons. The minimum atomic E-state index is -3.91. The van der Waals surface area contributed by atoms with Gasteiger partial charge in [0.15, 0.2) is 5.43 Å². The van der Waals surface area contributed by atoms with Gasteiger partial charge in [-0.25, -0.2) is 8.42 Å². The topological polar surface area (TPSA) is 87.9 Å². The highest BCUT2D eigenvalue weighted by Crippen LogP contribution is 2.19. The van der Waals surface area contributed by atoms with Crippen molar-refractivity contribution in [1.29, 1.82) is 0 Å². The molecule has 7 nitrogen and oxygen atoms in total. The summed E-state index contributed by atoms with van der Waals surface area (Å²) in [6.45, 7) is 5.99. The Morgan fingerprint density at radius 3 is 2.26 bits per heavy atom. The molecule has 0 radical (unpaired) electrons. The van der Waals surface area contributed by atoms with E-state index in [1.165, 1.54) is 27.6 Å². The molecule has 4 aromatic rings. The number of sulfonamides is 1. The van der Waals surface area contributed by atoms with Crippen molar-refractivity contribution in [2.75, 3.05) is 13.1 Å². The van der Waals surface area contributed by atoms with E-state index in [0.29, 0.717) is 23.0 Å². The third kappa shape index (κ3) is 7.02. The van der Waals surface area contributed by atoms with Gasteiger partial charge >= 0.3 is 0 Å². The van der Waals surface area contributed by atoms with E-state index in [0.717, 1.165) is 11.1 Å². The summed E-state index contributed by atoms with van der Waals surface area (Å²) in [5, 5.41) is 0.449. The van der Waals surface area contributed by atoms with Gasteiger partial charge in [-0.1, -0.05) is 74.0 Å². The van der Waals surface area contributed by atoms with E-state index in [-0.39, 0.29) is 42.4 Å². The van der Waals surface area contributed by atoms with Gasteiger partial charge in [-0.15, -0.1) is 0 Å². The van der Waals surface area contributed by atoms with E-state index >= 15 is 0 Å². The van der Waals surface area contributed by atoms with Crippen LogP contribution in [0.3, 0.4) is 0 Å². The Kier molecular flexibility index (Phi) is 8.99. The van der Waals surface area contributed by atoms with Crippen LogP contribution in [0.1, 0.15) is 37.0 Å². The first kappa shape index (κ1) is 28.3. The molecule has 0 spiro atoms. The molecule has 0 saturated heterocycles. The molecular weight excluding hydrogens is 512 g/mol. The number of nitrogens with zero attached hydrogens (tertiary/aromatic N) is 2. The Morgan fingerprint density at radius 1 is 0.923 bits per heavy atom. The monoisotopic (exact) mass is 546 g/mol. The number of benzene rings is 3. The van der Waals surface area contributed by atoms with E-state index in [2.05, 4.69) is 0 Å². The zero-order valence-electron chi connectivity index (χ0n) is 22.5. The van der Waals surface area contributed by atoms with E-state index in [1.807, 2.05) is 57.2 Å². The molecule has 0 fully saturated rings. The molecule has 0 aliphatic heterocycles. The number of hydrogen-bond acceptors (Lipinski definition) is 5. The van der Waals surface area contributed by atoms with Crippen LogP contribution in [0.2, 0.25) is 0 Å². The Balaban J connectivity index is 1.67. The van der Waals surface area contributed by atoms with Crippen LogP contribution in [0.25, 0.3) is 11.0 Å². The number of aryl methyl sites for hydroxylation is 1. The van der Waals surface area contributed by atoms with Gasteiger partial charge in [0.1, 0.15) is 5.58 Å². The second kappa shape index (κ2) is 12.4. The summed E-state index contributed by atoms with van der Waals surface area (Å²) in [4.78, 5) is 28.8. The quantitative estimate of drug-likeness (QED) is 0.253. The van der Waals surface area contributed by atoms with Crippen LogP contribution in [-0.2, 0) is 27.9 Å². The smallest absolute Gasteiger partial charge is 0.243 e. The van der Waals surface area contributed by atoms with Crippen molar-refractivity contribution in [3.8, 4) is 0 Å². The van der Waals surface area contributed by atoms with E-state index in [9.17, 15) is 18.0 Å². The lowest BCUT2D eigenvalue weighted by molar-refractivity contribution is -0.132. The van der Waals surface area contributed by atoms with Crippen molar-refractivity contribution in [3.05, 3.63) is 112 Å². The second-order valence-electron chi connectivity index (χ2n) is 10.2. The summed E-state index contributed by atoms with van der Waals surface area (Å²) in [6, 6.07) is 23.0. The van der Waals surface area contributed by atoms with Crippen LogP contribution < -0.4 is 5.43 Å². The van der Waals surface area contributed by atoms with E-state index in [1.54, 1.807) is 30.3 Å². The van der Waals surface area contributed by atoms with Crippen LogP contribution in [0, 0.1) is 12.8 Å². The molecule has 0 atom stereocenters. The molecule has 4 rings (SSSR count). The highest BCUT2D eigenvalue weighted by molar-refractivity contribution is 7.89. The number of carbonyl (C=O) groups excluding carboxylic acids is 1. The summed E-state index contributed by atoms with van der Waals surface area (Å²) in [5.41, 5.74) is 2.39. The number of rotatable bonds is 11. The lowest BCUT2D eigenvalue weighted by atomic mass is 10.1. The molecule has 3 aromatic carbocycles. The van der Waals surface area contributed by atoms with Crippen molar-refractivity contribution in [2.45, 2.75) is 45.2 Å². The third-order valence-electron chi connectivity index (χ3n) is 6.58. The van der Waals surface area contributed by atoms with Gasteiger partial charge in [-0.3, -0.25) is 9.59 Å². The summed E-state index contributed by atoms with van der Waals surface area (Å²) >= 11 is 0. The first-order valence-corrected chi connectivity index (χ1v) is 14.5. The molecule has 0 saturated carbocycles. The maximum Gasteiger partial charge on any atom is 0.243 e. The van der Waals surface area contributed by atoms with Crippen molar-refractivity contribution in [2.24, 2.45) is 5.92 Å². The first-order valence-electron chi connectivity index (χ1n) is 13.0. The standard InChI is InChI=1S/C31H34N2O5S/c1-23(2)16-17-33(39(36,37)27-12-8-5-9-13-27)21-30(34)32(19-25-10-6-4-7-11-25)20-26-22-38-29-15-14-24(3)18-28(29)31(26)35/h4-15,18,22-23H,16-17,19-21H2,1-3H3. The zero-order valence-corrected chi connectivity index (χ0v) is 23.4. The molecule has 0 bridgehead atoms. The van der Waals surface area contributed by atoms with Crippen molar-refractivity contribution in [3.63, 3.8) is 0 Å². The van der Waals surface area contributed by atoms with Gasteiger partial charge in [-0.05, 0) is 49.1 Å². The molecule has 0 unspecified atom stereocenters. The van der Waals surface area contributed by atoms with Crippen LogP contribution in [0.5, 0.6) is 0 Å². The predicted octanol–water partition coefficient (Wildman–Crippen LogP) is 5.37. The minimum Gasteiger partial charge on any atom is -0.464 e. The van der Waals surface area contributed by atoms with Crippen LogP contribution in [0.15, 0.2) is 99.2 Å². The zero-order chi connectivity index (χ0) is 28.0. The number of hydrogen-bond donors (Lipinski definition) is 0. The van der Waals surface area contributed by atoms with Crippen molar-refractivity contribution in [1.82, 2.24) is 9.21 Å². The van der Waals surface area contributed by atoms with Gasteiger partial charge in [0.2, 0.25) is 15.9 Å². The predicted molar refractivity (Wildman–Crippen MR) is 153 cm³/mol. The highest BCUT2D eigenvalue weighted by atomic mass is 32.2. The van der Waals surface area contributed by atoms with Gasteiger partial charge in [0.05, 0.1) is 35.2 Å². The molecule has 1 aromatic heterocycles. The van der Waals surface area contributed by atoms with E-state index in [4.69, 9.17) is 4.42 Å². The lowest BCUT2D eigenvalue weighted by Gasteiger charge is -2.28. The molecule has 39 heavy (non-hydrogen) atoms. The average molecular weight is 547 g/mol. The third-order valence-corrected chi connectivity index (χ3v) is 8.44. The second-order valence-corrected chi connectivity index (χ2v) is 12.1. The lowest BCUT2D eigenvalue weighted by Crippen LogP contribution is -2.43. The SMILES string of the molecule is Cc1ccc2occ(CN(Cc3ccccc3)C(=O)CN(CCC(C)C)S(=O)(=O)c3ccccc3)c(=O)c2c1. The fourth-order valence-electron chi connectivity index (χ4n) is 4.31. The number of fused-ring (bicyclic) bond motifs is 1. The number of amides is 1. The fourth-order valence-corrected chi connectivity index (χ4v) is 5.74. The molecular formula is C31H34N2O5S. The van der Waals surface area contributed by atoms with Gasteiger partial charge < -0.3 is 9.32 Å². The van der Waals surface area contributed by atoms with Crippen LogP contribution >= 0.6 is 0 Å². The summed E-state index contributed by atoms with van der Waals surface area (Å²) in [6.07, 6.45) is 1.99. The van der Waals surface area contributed by atoms with E-state index < -0.39 is 15.9 Å². The molecule has 8 heteroatoms. The molecule has 0 N–H and O–H groups in total. The summed E-state index contributed by atoms with van der Waals surface area (Å²) < 4.78 is 34.1. The maximum absolute atomic E-state index is 13.8. The molecule has 0 aliphatic rings. The average Bonchev–Trinajstić information content (AvgIpc) is 2.93. The van der Waals surface area contributed by atoms with Crippen LogP contribution in [0.4, 0.5) is 0 Å². The van der Waals surface area contributed by atoms with Crippen molar-refractivity contribution >= 4 is 26.9 Å². The summed E-state index contributed by atoms with van der Waals surface area (Å²) in [7, 11) is -3.91. The first-order chi connectivity index (χ1) is 18.6. The molecule has 1 heterocycles. The van der Waals surface area contributed by atoms with Gasteiger partial charge in [0, 0.05) is 13.1 Å². The van der Waals surface area contributed by atoms with Crippen molar-refractivity contribution < 1.29 is 17.6 Å².